The number of rotatable bonds is 10. The van der Waals surface area contributed by atoms with Crippen LogP contribution < -0.4 is 10.6 Å². The van der Waals surface area contributed by atoms with Gasteiger partial charge in [0, 0.05) is 38.5 Å². The van der Waals surface area contributed by atoms with Crippen LogP contribution in [0.5, 0.6) is 0 Å². The maximum atomic E-state index is 5.37. The lowest BCUT2D eigenvalue weighted by molar-refractivity contribution is 0.461. The van der Waals surface area contributed by atoms with Crippen LogP contribution in [0.2, 0.25) is 0 Å². The predicted molar refractivity (Wildman–Crippen MR) is 129 cm³/mol. The van der Waals surface area contributed by atoms with Crippen LogP contribution in [0.1, 0.15) is 56.7 Å². The molecule has 0 amide bonds. The molecule has 0 atom stereocenters. The summed E-state index contributed by atoms with van der Waals surface area (Å²) in [5, 5.41) is 16.6. The van der Waals surface area contributed by atoms with Crippen molar-refractivity contribution in [2.75, 3.05) is 25.9 Å². The van der Waals surface area contributed by atoms with Gasteiger partial charge in [-0.2, -0.15) is 0 Å². The van der Waals surface area contributed by atoms with Crippen molar-refractivity contribution < 1.29 is 4.42 Å². The molecule has 0 spiro atoms. The lowest BCUT2D eigenvalue weighted by Gasteiger charge is -2.16. The monoisotopic (exact) mass is 532 g/mol. The van der Waals surface area contributed by atoms with Crippen LogP contribution in [0, 0.1) is 0 Å². The molecule has 1 aliphatic rings. The van der Waals surface area contributed by atoms with Gasteiger partial charge in [0.05, 0.1) is 6.26 Å². The van der Waals surface area contributed by atoms with Crippen molar-refractivity contribution in [3.63, 3.8) is 0 Å². The number of aromatic nitrogens is 3. The van der Waals surface area contributed by atoms with Gasteiger partial charge in [0.25, 0.3) is 0 Å². The quantitative estimate of drug-likeness (QED) is 0.158. The second-order valence-corrected chi connectivity index (χ2v) is 7.80. The Balaban J connectivity index is 0.00000300. The molecule has 1 saturated carbocycles. The largest absolute Gasteiger partial charge is 0.469 e. The molecule has 0 aliphatic heterocycles. The molecular formula is C20H33IN6OS. The maximum Gasteiger partial charge on any atom is 0.191 e. The number of nitrogens with one attached hydrogen (secondary N) is 2. The van der Waals surface area contributed by atoms with Crippen molar-refractivity contribution in [2.45, 2.75) is 63.1 Å². The molecular weight excluding hydrogens is 499 g/mol. The number of hydrogen-bond acceptors (Lipinski definition) is 5. The minimum atomic E-state index is 0. The van der Waals surface area contributed by atoms with E-state index in [-0.39, 0.29) is 24.0 Å². The minimum absolute atomic E-state index is 0. The molecule has 1 aliphatic carbocycles. The van der Waals surface area contributed by atoms with Crippen molar-refractivity contribution in [1.82, 2.24) is 25.4 Å². The van der Waals surface area contributed by atoms with E-state index < -0.39 is 0 Å². The molecule has 0 unspecified atom stereocenters. The zero-order valence-electron chi connectivity index (χ0n) is 17.4. The number of furan rings is 1. The summed E-state index contributed by atoms with van der Waals surface area (Å²) in [6, 6.07) is 4.49. The average molecular weight is 532 g/mol. The number of aryl methyl sites for hydroxylation is 1. The Kier molecular flexibility index (Phi) is 10.9. The van der Waals surface area contributed by atoms with Crippen molar-refractivity contribution in [1.29, 1.82) is 0 Å². The number of nitrogens with zero attached hydrogens (tertiary/aromatic N) is 4. The van der Waals surface area contributed by atoms with Crippen molar-refractivity contribution in [2.24, 2.45) is 4.99 Å². The van der Waals surface area contributed by atoms with Gasteiger partial charge in [0.15, 0.2) is 11.1 Å². The van der Waals surface area contributed by atoms with Gasteiger partial charge in [0.1, 0.15) is 11.6 Å². The van der Waals surface area contributed by atoms with E-state index in [0.29, 0.717) is 6.04 Å². The van der Waals surface area contributed by atoms with Gasteiger partial charge in [-0.05, 0) is 44.6 Å². The molecule has 7 nitrogen and oxygen atoms in total. The summed E-state index contributed by atoms with van der Waals surface area (Å²) in [5.74, 6) is 2.96. The fraction of sp³-hybridized carbons (Fsp3) is 0.650. The molecule has 162 valence electrons. The highest BCUT2D eigenvalue weighted by atomic mass is 127. The van der Waals surface area contributed by atoms with Gasteiger partial charge in [-0.25, -0.2) is 0 Å². The van der Waals surface area contributed by atoms with Crippen LogP contribution in [-0.2, 0) is 12.8 Å². The number of aliphatic imine (C=N–C) groups is 1. The molecule has 29 heavy (non-hydrogen) atoms. The number of hydrogen-bond donors (Lipinski definition) is 2. The van der Waals surface area contributed by atoms with Crippen LogP contribution in [-0.4, -0.2) is 46.6 Å². The van der Waals surface area contributed by atoms with E-state index in [1.54, 1.807) is 18.0 Å². The van der Waals surface area contributed by atoms with Crippen molar-refractivity contribution in [3.8, 4) is 0 Å². The molecule has 0 radical (unpaired) electrons. The zero-order valence-corrected chi connectivity index (χ0v) is 20.5. The molecule has 9 heteroatoms. The van der Waals surface area contributed by atoms with E-state index in [1.807, 2.05) is 12.1 Å². The summed E-state index contributed by atoms with van der Waals surface area (Å²) in [6.45, 7) is 4.49. The van der Waals surface area contributed by atoms with Gasteiger partial charge in [0.2, 0.25) is 0 Å². The Morgan fingerprint density at radius 2 is 2.10 bits per heavy atom. The molecule has 0 aromatic carbocycles. The molecule has 2 N–H and O–H groups in total. The van der Waals surface area contributed by atoms with Gasteiger partial charge < -0.3 is 19.6 Å². The van der Waals surface area contributed by atoms with Gasteiger partial charge in [-0.15, -0.1) is 34.2 Å². The standard InChI is InChI=1S/C20H32N6OS.HI/c1-3-21-19(23-14-12-17-10-7-15-27-17)22-13-6-11-18-24-25-20(28-2)26(18)16-8-4-5-9-16;/h7,10,15-16H,3-6,8-9,11-14H2,1-2H3,(H2,21,22,23);1H. The van der Waals surface area contributed by atoms with E-state index in [4.69, 9.17) is 9.41 Å². The first kappa shape index (κ1) is 24.0. The first-order valence-electron chi connectivity index (χ1n) is 10.3. The lowest BCUT2D eigenvalue weighted by Crippen LogP contribution is -2.38. The molecule has 2 heterocycles. The Morgan fingerprint density at radius 3 is 2.79 bits per heavy atom. The highest BCUT2D eigenvalue weighted by molar-refractivity contribution is 14.0. The highest BCUT2D eigenvalue weighted by Crippen LogP contribution is 2.33. The summed E-state index contributed by atoms with van der Waals surface area (Å²) in [7, 11) is 0. The third-order valence-corrected chi connectivity index (χ3v) is 5.67. The molecule has 2 aromatic heterocycles. The van der Waals surface area contributed by atoms with Crippen LogP contribution in [0.4, 0.5) is 0 Å². The summed E-state index contributed by atoms with van der Waals surface area (Å²) >= 11 is 1.70. The fourth-order valence-corrected chi connectivity index (χ4v) is 4.25. The summed E-state index contributed by atoms with van der Waals surface area (Å²) in [4.78, 5) is 4.70. The Labute approximate surface area is 194 Å². The van der Waals surface area contributed by atoms with E-state index in [0.717, 1.165) is 61.6 Å². The molecule has 0 bridgehead atoms. The third kappa shape index (κ3) is 7.20. The second kappa shape index (κ2) is 13.1. The lowest BCUT2D eigenvalue weighted by atomic mass is 10.2. The van der Waals surface area contributed by atoms with E-state index in [1.165, 1.54) is 25.7 Å². The van der Waals surface area contributed by atoms with E-state index >= 15 is 0 Å². The second-order valence-electron chi connectivity index (χ2n) is 7.03. The van der Waals surface area contributed by atoms with Crippen molar-refractivity contribution >= 4 is 41.7 Å². The van der Waals surface area contributed by atoms with Crippen LogP contribution in [0.25, 0.3) is 0 Å². The van der Waals surface area contributed by atoms with Crippen LogP contribution in [0.15, 0.2) is 33.0 Å². The normalized spacial score (nSPS) is 14.8. The smallest absolute Gasteiger partial charge is 0.191 e. The predicted octanol–water partition coefficient (Wildman–Crippen LogP) is 4.06. The van der Waals surface area contributed by atoms with Gasteiger partial charge in [-0.1, -0.05) is 24.6 Å². The summed E-state index contributed by atoms with van der Waals surface area (Å²) in [5.41, 5.74) is 0. The first-order valence-corrected chi connectivity index (χ1v) is 11.6. The zero-order chi connectivity index (χ0) is 19.6. The summed E-state index contributed by atoms with van der Waals surface area (Å²) in [6.07, 6.45) is 11.7. The fourth-order valence-electron chi connectivity index (χ4n) is 3.67. The molecule has 3 rings (SSSR count). The van der Waals surface area contributed by atoms with Crippen molar-refractivity contribution in [3.05, 3.63) is 30.0 Å². The maximum absolute atomic E-state index is 5.37. The van der Waals surface area contributed by atoms with E-state index in [2.05, 4.69) is 38.6 Å². The van der Waals surface area contributed by atoms with E-state index in [9.17, 15) is 0 Å². The first-order chi connectivity index (χ1) is 13.8. The van der Waals surface area contributed by atoms with Crippen LogP contribution in [0.3, 0.4) is 0 Å². The van der Waals surface area contributed by atoms with Crippen LogP contribution >= 0.6 is 35.7 Å². The number of thioether (sulfide) groups is 1. The van der Waals surface area contributed by atoms with Gasteiger partial charge >= 0.3 is 0 Å². The highest BCUT2D eigenvalue weighted by Gasteiger charge is 2.23. The van der Waals surface area contributed by atoms with Gasteiger partial charge in [-0.3, -0.25) is 4.99 Å². The topological polar surface area (TPSA) is 80.3 Å². The number of guanidine groups is 1. The Hall–Kier alpha value is -1.23. The number of halogens is 1. The minimum Gasteiger partial charge on any atom is -0.469 e. The molecule has 0 saturated heterocycles. The Morgan fingerprint density at radius 1 is 1.28 bits per heavy atom. The molecule has 1 fully saturated rings. The molecule has 2 aromatic rings. The third-order valence-electron chi connectivity index (χ3n) is 5.02. The SMILES string of the molecule is CCNC(=NCCCc1nnc(SC)n1C1CCCC1)NCCc1ccco1.I. The average Bonchev–Trinajstić information content (AvgIpc) is 3.46. The Bertz CT molecular complexity index is 727. The summed E-state index contributed by atoms with van der Waals surface area (Å²) < 4.78 is 7.75.